The standard InChI is InChI=1S/C19H27N3O3S/c1-22(2)11-3-4-12-26(24,25)21-19(23)20-18-16-9-5-7-14(16)13-15-8-6-10-17(15)18/h4,12-13H,3,5-11H2,1-2H3,(H2,20,21,23)/b12-4+. The normalized spacial score (nSPS) is 16.1. The van der Waals surface area contributed by atoms with E-state index in [9.17, 15) is 13.2 Å². The van der Waals surface area contributed by atoms with Gasteiger partial charge in [0.2, 0.25) is 0 Å². The van der Waals surface area contributed by atoms with Crippen LogP contribution in [0.1, 0.15) is 41.5 Å². The minimum atomic E-state index is -3.79. The van der Waals surface area contributed by atoms with Crippen molar-refractivity contribution < 1.29 is 13.2 Å². The largest absolute Gasteiger partial charge is 0.333 e. The summed E-state index contributed by atoms with van der Waals surface area (Å²) in [5, 5.41) is 3.90. The molecule has 6 nitrogen and oxygen atoms in total. The van der Waals surface area contributed by atoms with Crippen molar-refractivity contribution in [1.29, 1.82) is 0 Å². The first kappa shape index (κ1) is 18.9. The van der Waals surface area contributed by atoms with E-state index in [1.54, 1.807) is 6.08 Å². The van der Waals surface area contributed by atoms with Gasteiger partial charge < -0.3 is 10.2 Å². The molecule has 2 aliphatic carbocycles. The fourth-order valence-corrected chi connectivity index (χ4v) is 4.56. The third-order valence-corrected chi connectivity index (χ3v) is 5.99. The molecule has 3 rings (SSSR count). The van der Waals surface area contributed by atoms with Gasteiger partial charge in [0.1, 0.15) is 0 Å². The molecular weight excluding hydrogens is 350 g/mol. The molecule has 7 heteroatoms. The molecule has 0 atom stereocenters. The zero-order chi connectivity index (χ0) is 18.7. The third kappa shape index (κ3) is 4.45. The lowest BCUT2D eigenvalue weighted by Crippen LogP contribution is -2.33. The van der Waals surface area contributed by atoms with Gasteiger partial charge in [-0.1, -0.05) is 12.1 Å². The zero-order valence-corrected chi connectivity index (χ0v) is 16.3. The summed E-state index contributed by atoms with van der Waals surface area (Å²) < 4.78 is 26.2. The number of anilines is 1. The highest BCUT2D eigenvalue weighted by atomic mass is 32.2. The molecule has 26 heavy (non-hydrogen) atoms. The molecule has 0 spiro atoms. The monoisotopic (exact) mass is 377 g/mol. The highest BCUT2D eigenvalue weighted by Gasteiger charge is 2.25. The van der Waals surface area contributed by atoms with Crippen LogP contribution >= 0.6 is 0 Å². The van der Waals surface area contributed by atoms with Crippen LogP contribution in [0.2, 0.25) is 0 Å². The highest BCUT2D eigenvalue weighted by molar-refractivity contribution is 7.92. The van der Waals surface area contributed by atoms with Crippen molar-refractivity contribution in [1.82, 2.24) is 9.62 Å². The molecule has 0 aliphatic heterocycles. The van der Waals surface area contributed by atoms with Gasteiger partial charge in [0.15, 0.2) is 0 Å². The Morgan fingerprint density at radius 3 is 2.31 bits per heavy atom. The summed E-state index contributed by atoms with van der Waals surface area (Å²) in [4.78, 5) is 14.3. The van der Waals surface area contributed by atoms with Gasteiger partial charge in [-0.25, -0.2) is 17.9 Å². The van der Waals surface area contributed by atoms with E-state index in [1.807, 2.05) is 19.0 Å². The Balaban J connectivity index is 1.69. The van der Waals surface area contributed by atoms with Crippen LogP contribution < -0.4 is 10.0 Å². The topological polar surface area (TPSA) is 78.5 Å². The van der Waals surface area contributed by atoms with Gasteiger partial charge in [0.05, 0.1) is 0 Å². The van der Waals surface area contributed by atoms with E-state index in [0.29, 0.717) is 6.42 Å². The van der Waals surface area contributed by atoms with Crippen molar-refractivity contribution in [3.8, 4) is 0 Å². The number of fused-ring (bicyclic) bond motifs is 2. The number of nitrogens with one attached hydrogen (secondary N) is 2. The SMILES string of the molecule is CN(C)CC/C=C/S(=O)(=O)NC(=O)Nc1c2c(cc3c1CCC3)CCC2. The molecule has 0 heterocycles. The number of aryl methyl sites for hydroxylation is 2. The van der Waals surface area contributed by atoms with Gasteiger partial charge in [-0.2, -0.15) is 0 Å². The summed E-state index contributed by atoms with van der Waals surface area (Å²) in [7, 11) is 0.0547. The van der Waals surface area contributed by atoms with E-state index in [2.05, 4.69) is 16.1 Å². The van der Waals surface area contributed by atoms with E-state index >= 15 is 0 Å². The second-order valence-electron chi connectivity index (χ2n) is 7.30. The smallest absolute Gasteiger partial charge is 0.309 e. The molecule has 2 amide bonds. The lowest BCUT2D eigenvalue weighted by atomic mass is 9.99. The van der Waals surface area contributed by atoms with Gasteiger partial charge in [0.25, 0.3) is 10.0 Å². The molecule has 0 bridgehead atoms. The van der Waals surface area contributed by atoms with Crippen molar-refractivity contribution in [3.05, 3.63) is 39.8 Å². The number of carbonyl (C=O) groups excluding carboxylic acids is 1. The van der Waals surface area contributed by atoms with Crippen LogP contribution in [0.5, 0.6) is 0 Å². The summed E-state index contributed by atoms with van der Waals surface area (Å²) in [5.74, 6) is 0. The molecule has 2 N–H and O–H groups in total. The highest BCUT2D eigenvalue weighted by Crippen LogP contribution is 2.38. The van der Waals surface area contributed by atoms with E-state index in [0.717, 1.165) is 56.2 Å². The number of amides is 2. The number of benzene rings is 1. The quantitative estimate of drug-likeness (QED) is 0.799. The van der Waals surface area contributed by atoms with Gasteiger partial charge in [-0.15, -0.1) is 0 Å². The third-order valence-electron chi connectivity index (χ3n) is 4.96. The summed E-state index contributed by atoms with van der Waals surface area (Å²) in [6.07, 6.45) is 8.29. The number of rotatable bonds is 6. The van der Waals surface area contributed by atoms with Crippen LogP contribution in [0.3, 0.4) is 0 Å². The summed E-state index contributed by atoms with van der Waals surface area (Å²) in [5.41, 5.74) is 5.80. The van der Waals surface area contributed by atoms with Crippen LogP contribution in [-0.4, -0.2) is 40.0 Å². The van der Waals surface area contributed by atoms with Crippen molar-refractivity contribution >= 4 is 21.7 Å². The van der Waals surface area contributed by atoms with Gasteiger partial charge in [-0.05, 0) is 81.3 Å². The molecule has 0 saturated heterocycles. The van der Waals surface area contributed by atoms with Crippen LogP contribution in [0.15, 0.2) is 17.6 Å². The number of carbonyl (C=O) groups is 1. The molecular formula is C19H27N3O3S. The van der Waals surface area contributed by atoms with Crippen LogP contribution in [0.25, 0.3) is 0 Å². The Kier molecular flexibility index (Phi) is 5.67. The minimum Gasteiger partial charge on any atom is -0.309 e. The molecule has 0 fully saturated rings. The van der Waals surface area contributed by atoms with Crippen LogP contribution in [0, 0.1) is 0 Å². The predicted octanol–water partition coefficient (Wildman–Crippen LogP) is 2.58. The summed E-state index contributed by atoms with van der Waals surface area (Å²) in [6, 6.07) is 1.59. The first-order chi connectivity index (χ1) is 12.4. The number of hydrogen-bond donors (Lipinski definition) is 2. The Bertz CT molecular complexity index is 797. The molecule has 1 aromatic carbocycles. The van der Waals surface area contributed by atoms with Crippen molar-refractivity contribution in [2.75, 3.05) is 26.0 Å². The number of urea groups is 1. The molecule has 0 aromatic heterocycles. The Hall–Kier alpha value is -1.86. The molecule has 1 aromatic rings. The number of hydrogen-bond acceptors (Lipinski definition) is 4. The minimum absolute atomic E-state index is 0.606. The van der Waals surface area contributed by atoms with Crippen molar-refractivity contribution in [2.24, 2.45) is 0 Å². The average molecular weight is 378 g/mol. The summed E-state index contributed by atoms with van der Waals surface area (Å²) in [6.45, 7) is 0.751. The van der Waals surface area contributed by atoms with Crippen molar-refractivity contribution in [3.63, 3.8) is 0 Å². The van der Waals surface area contributed by atoms with Crippen molar-refractivity contribution in [2.45, 2.75) is 44.9 Å². The fourth-order valence-electron chi connectivity index (χ4n) is 3.80. The molecule has 0 unspecified atom stereocenters. The van der Waals surface area contributed by atoms with Gasteiger partial charge >= 0.3 is 6.03 Å². The predicted molar refractivity (Wildman–Crippen MR) is 104 cm³/mol. The molecule has 2 aliphatic rings. The van der Waals surface area contributed by atoms with Crippen LogP contribution in [-0.2, 0) is 35.7 Å². The van der Waals surface area contributed by atoms with E-state index in [1.165, 1.54) is 22.3 Å². The molecule has 0 radical (unpaired) electrons. The van der Waals surface area contributed by atoms with Crippen LogP contribution in [0.4, 0.5) is 10.5 Å². The fraction of sp³-hybridized carbons (Fsp3) is 0.526. The number of nitrogens with zero attached hydrogens (tertiary/aromatic N) is 1. The number of sulfonamides is 1. The van der Waals surface area contributed by atoms with Gasteiger partial charge in [0, 0.05) is 17.6 Å². The zero-order valence-electron chi connectivity index (χ0n) is 15.5. The Morgan fingerprint density at radius 1 is 1.12 bits per heavy atom. The summed E-state index contributed by atoms with van der Waals surface area (Å²) >= 11 is 0. The maximum atomic E-state index is 12.3. The Labute approximate surface area is 155 Å². The second-order valence-corrected chi connectivity index (χ2v) is 8.87. The molecule has 0 saturated carbocycles. The average Bonchev–Trinajstić information content (AvgIpc) is 3.19. The van der Waals surface area contributed by atoms with E-state index in [-0.39, 0.29) is 0 Å². The molecule has 142 valence electrons. The lowest BCUT2D eigenvalue weighted by Gasteiger charge is -2.16. The van der Waals surface area contributed by atoms with E-state index < -0.39 is 16.1 Å². The Morgan fingerprint density at radius 2 is 1.73 bits per heavy atom. The lowest BCUT2D eigenvalue weighted by molar-refractivity contribution is 0.256. The second kappa shape index (κ2) is 7.80. The first-order valence-corrected chi connectivity index (χ1v) is 10.7. The van der Waals surface area contributed by atoms with E-state index in [4.69, 9.17) is 0 Å². The van der Waals surface area contributed by atoms with Gasteiger partial charge in [-0.3, -0.25) is 0 Å². The first-order valence-electron chi connectivity index (χ1n) is 9.17. The maximum absolute atomic E-state index is 12.3. The maximum Gasteiger partial charge on any atom is 0.333 e.